The van der Waals surface area contributed by atoms with Gasteiger partial charge in [-0.05, 0) is 29.8 Å². The lowest BCUT2D eigenvalue weighted by atomic mass is 10.0. The van der Waals surface area contributed by atoms with Crippen LogP contribution in [-0.2, 0) is 4.79 Å². The van der Waals surface area contributed by atoms with Crippen LogP contribution < -0.4 is 4.90 Å². The van der Waals surface area contributed by atoms with E-state index in [1.807, 2.05) is 30.3 Å². The average Bonchev–Trinajstić information content (AvgIpc) is 2.42. The van der Waals surface area contributed by atoms with Crippen LogP contribution in [0.2, 0.25) is 0 Å². The highest BCUT2D eigenvalue weighted by atomic mass is 16.4. The van der Waals surface area contributed by atoms with Crippen LogP contribution in [0.25, 0.3) is 0 Å². The second-order valence-corrected chi connectivity index (χ2v) is 4.28. The van der Waals surface area contributed by atoms with E-state index in [1.165, 1.54) is 12.1 Å². The molecule has 2 aromatic rings. The van der Waals surface area contributed by atoms with Crippen LogP contribution in [0.5, 0.6) is 5.75 Å². The predicted molar refractivity (Wildman–Crippen MR) is 73.3 cm³/mol. The molecule has 0 heterocycles. The van der Waals surface area contributed by atoms with Gasteiger partial charge in [-0.15, -0.1) is 0 Å². The van der Waals surface area contributed by atoms with Crippen LogP contribution in [0.4, 0.5) is 5.69 Å². The van der Waals surface area contributed by atoms with E-state index in [1.54, 1.807) is 24.1 Å². The second kappa shape index (κ2) is 5.44. The highest BCUT2D eigenvalue weighted by molar-refractivity contribution is 5.80. The third-order valence-corrected chi connectivity index (χ3v) is 2.99. The summed E-state index contributed by atoms with van der Waals surface area (Å²) in [5.74, 6) is -0.813. The molecule has 1 unspecified atom stereocenters. The number of benzene rings is 2. The lowest BCUT2D eigenvalue weighted by molar-refractivity contribution is -0.138. The summed E-state index contributed by atoms with van der Waals surface area (Å²) < 4.78 is 0. The first kappa shape index (κ1) is 13.0. The summed E-state index contributed by atoms with van der Waals surface area (Å²) in [6, 6.07) is 14.8. The van der Waals surface area contributed by atoms with E-state index >= 15 is 0 Å². The van der Waals surface area contributed by atoms with Crippen LogP contribution in [-0.4, -0.2) is 23.2 Å². The number of carboxylic acids is 1. The normalized spacial score (nSPS) is 11.8. The number of para-hydroxylation sites is 1. The molecular weight excluding hydrogens is 242 g/mol. The Morgan fingerprint density at radius 3 is 2.16 bits per heavy atom. The fraction of sp³-hybridized carbons (Fsp3) is 0.133. The van der Waals surface area contributed by atoms with E-state index < -0.39 is 12.0 Å². The van der Waals surface area contributed by atoms with Crippen LogP contribution in [0.15, 0.2) is 54.6 Å². The van der Waals surface area contributed by atoms with Crippen molar-refractivity contribution in [1.82, 2.24) is 0 Å². The van der Waals surface area contributed by atoms with Crippen molar-refractivity contribution < 1.29 is 15.0 Å². The van der Waals surface area contributed by atoms with E-state index in [9.17, 15) is 15.0 Å². The molecule has 0 aliphatic heterocycles. The molecule has 2 aromatic carbocycles. The molecule has 0 spiro atoms. The lowest BCUT2D eigenvalue weighted by Crippen LogP contribution is -2.30. The fourth-order valence-electron chi connectivity index (χ4n) is 2.00. The number of anilines is 1. The molecule has 0 amide bonds. The topological polar surface area (TPSA) is 60.8 Å². The number of phenolic OH excluding ortho intramolecular Hbond substituents is 1. The standard InChI is InChI=1S/C15H15NO3/c1-16(12-5-3-2-4-6-12)14(15(18)19)11-7-9-13(17)10-8-11/h2-10,14,17H,1H3,(H,18,19). The lowest BCUT2D eigenvalue weighted by Gasteiger charge is -2.27. The van der Waals surface area contributed by atoms with E-state index in [4.69, 9.17) is 0 Å². The molecule has 2 N–H and O–H groups in total. The molecule has 0 aliphatic rings. The van der Waals surface area contributed by atoms with Crippen molar-refractivity contribution in [3.05, 3.63) is 60.2 Å². The maximum atomic E-state index is 11.5. The van der Waals surface area contributed by atoms with Gasteiger partial charge in [0.05, 0.1) is 0 Å². The summed E-state index contributed by atoms with van der Waals surface area (Å²) in [6.45, 7) is 0. The summed E-state index contributed by atoms with van der Waals surface area (Å²) in [6.07, 6.45) is 0. The highest BCUT2D eigenvalue weighted by Gasteiger charge is 2.24. The van der Waals surface area contributed by atoms with Gasteiger partial charge in [0.25, 0.3) is 0 Å². The average molecular weight is 257 g/mol. The quantitative estimate of drug-likeness (QED) is 0.884. The zero-order valence-electron chi connectivity index (χ0n) is 10.5. The molecule has 19 heavy (non-hydrogen) atoms. The third kappa shape index (κ3) is 2.85. The minimum atomic E-state index is -0.933. The largest absolute Gasteiger partial charge is 0.508 e. The first-order chi connectivity index (χ1) is 9.09. The highest BCUT2D eigenvalue weighted by Crippen LogP contribution is 2.26. The molecule has 0 aliphatic carbocycles. The van der Waals surface area contributed by atoms with E-state index in [0.717, 1.165) is 5.69 Å². The van der Waals surface area contributed by atoms with Gasteiger partial charge in [-0.25, -0.2) is 4.79 Å². The van der Waals surface area contributed by atoms with Crippen molar-refractivity contribution in [2.75, 3.05) is 11.9 Å². The summed E-state index contributed by atoms with van der Waals surface area (Å²) in [5.41, 5.74) is 1.44. The molecule has 1 atom stereocenters. The minimum Gasteiger partial charge on any atom is -0.508 e. The smallest absolute Gasteiger partial charge is 0.331 e. The van der Waals surface area contributed by atoms with Crippen molar-refractivity contribution in [2.45, 2.75) is 6.04 Å². The summed E-state index contributed by atoms with van der Waals surface area (Å²) >= 11 is 0. The first-order valence-electron chi connectivity index (χ1n) is 5.89. The molecule has 0 aromatic heterocycles. The van der Waals surface area contributed by atoms with Crippen LogP contribution in [0, 0.1) is 0 Å². The van der Waals surface area contributed by atoms with Gasteiger partial charge in [0.2, 0.25) is 0 Å². The van der Waals surface area contributed by atoms with Gasteiger partial charge >= 0.3 is 5.97 Å². The Morgan fingerprint density at radius 2 is 1.63 bits per heavy atom. The molecule has 4 heteroatoms. The number of phenols is 1. The molecule has 4 nitrogen and oxygen atoms in total. The van der Waals surface area contributed by atoms with Crippen molar-refractivity contribution in [1.29, 1.82) is 0 Å². The Kier molecular flexibility index (Phi) is 3.71. The van der Waals surface area contributed by atoms with Gasteiger partial charge in [-0.3, -0.25) is 0 Å². The number of aliphatic carboxylic acids is 1. The molecule has 2 rings (SSSR count). The van der Waals surface area contributed by atoms with Gasteiger partial charge in [0.15, 0.2) is 6.04 Å². The van der Waals surface area contributed by atoms with Gasteiger partial charge in [0.1, 0.15) is 5.75 Å². The Labute approximate surface area is 111 Å². The van der Waals surface area contributed by atoms with Crippen LogP contribution >= 0.6 is 0 Å². The van der Waals surface area contributed by atoms with Crippen LogP contribution in [0.1, 0.15) is 11.6 Å². The van der Waals surface area contributed by atoms with Crippen molar-refractivity contribution in [3.8, 4) is 5.75 Å². The number of nitrogens with zero attached hydrogens (tertiary/aromatic N) is 1. The summed E-state index contributed by atoms with van der Waals surface area (Å²) in [7, 11) is 1.74. The molecular formula is C15H15NO3. The number of likely N-dealkylation sites (N-methyl/N-ethyl adjacent to an activating group) is 1. The molecule has 98 valence electrons. The number of hydrogen-bond donors (Lipinski definition) is 2. The Balaban J connectivity index is 2.36. The molecule has 0 radical (unpaired) electrons. The minimum absolute atomic E-state index is 0.121. The van der Waals surface area contributed by atoms with Gasteiger partial charge < -0.3 is 15.1 Å². The Bertz CT molecular complexity index is 551. The van der Waals surface area contributed by atoms with Crippen molar-refractivity contribution in [3.63, 3.8) is 0 Å². The maximum Gasteiger partial charge on any atom is 0.331 e. The first-order valence-corrected chi connectivity index (χ1v) is 5.89. The van der Waals surface area contributed by atoms with E-state index in [0.29, 0.717) is 5.56 Å². The third-order valence-electron chi connectivity index (χ3n) is 2.99. The van der Waals surface area contributed by atoms with Gasteiger partial charge in [-0.1, -0.05) is 30.3 Å². The summed E-state index contributed by atoms with van der Waals surface area (Å²) in [4.78, 5) is 13.2. The van der Waals surface area contributed by atoms with E-state index in [-0.39, 0.29) is 5.75 Å². The zero-order chi connectivity index (χ0) is 13.8. The van der Waals surface area contributed by atoms with Gasteiger partial charge in [-0.2, -0.15) is 0 Å². The van der Waals surface area contributed by atoms with Crippen molar-refractivity contribution in [2.24, 2.45) is 0 Å². The maximum absolute atomic E-state index is 11.5. The Morgan fingerprint density at radius 1 is 1.05 bits per heavy atom. The second-order valence-electron chi connectivity index (χ2n) is 4.28. The van der Waals surface area contributed by atoms with Crippen LogP contribution in [0.3, 0.4) is 0 Å². The number of aromatic hydroxyl groups is 1. The molecule has 0 fully saturated rings. The summed E-state index contributed by atoms with van der Waals surface area (Å²) in [5, 5.41) is 18.7. The SMILES string of the molecule is CN(c1ccccc1)C(C(=O)O)c1ccc(O)cc1. The monoisotopic (exact) mass is 257 g/mol. The molecule has 0 saturated carbocycles. The Hall–Kier alpha value is -2.49. The van der Waals surface area contributed by atoms with Crippen molar-refractivity contribution >= 4 is 11.7 Å². The zero-order valence-corrected chi connectivity index (χ0v) is 10.5. The predicted octanol–water partition coefficient (Wildman–Crippen LogP) is 2.65. The number of carboxylic acid groups (broad SMARTS) is 1. The molecule has 0 bridgehead atoms. The number of hydrogen-bond acceptors (Lipinski definition) is 3. The number of rotatable bonds is 4. The van der Waals surface area contributed by atoms with Gasteiger partial charge in [0, 0.05) is 12.7 Å². The molecule has 0 saturated heterocycles. The number of carbonyl (C=O) groups is 1. The van der Waals surface area contributed by atoms with E-state index in [2.05, 4.69) is 0 Å². The fourth-order valence-corrected chi connectivity index (χ4v) is 2.00.